The number of nitrogens with one attached hydrogen (secondary N) is 1. The smallest absolute Gasteiger partial charge is 0.340 e. The number of amides is 1. The molecule has 1 amide bonds. The van der Waals surface area contributed by atoms with Gasteiger partial charge in [-0.1, -0.05) is 36.4 Å². The maximum Gasteiger partial charge on any atom is 0.340 e. The lowest BCUT2D eigenvalue weighted by atomic mass is 10.0. The average Bonchev–Trinajstić information content (AvgIpc) is 3.09. The topological polar surface area (TPSA) is 68.3 Å². The molecule has 6 heteroatoms. The molecule has 3 rings (SSSR count). The van der Waals surface area contributed by atoms with E-state index in [2.05, 4.69) is 10.3 Å². The van der Waals surface area contributed by atoms with Crippen molar-refractivity contribution in [3.63, 3.8) is 0 Å². The highest BCUT2D eigenvalue weighted by Crippen LogP contribution is 2.27. The predicted octanol–water partition coefficient (Wildman–Crippen LogP) is 4.55. The second-order valence-corrected chi connectivity index (χ2v) is 6.42. The maximum absolute atomic E-state index is 12.5. The van der Waals surface area contributed by atoms with Crippen LogP contribution in [0.25, 0.3) is 11.1 Å². The highest BCUT2D eigenvalue weighted by Gasteiger charge is 2.18. The van der Waals surface area contributed by atoms with Gasteiger partial charge >= 0.3 is 5.97 Å². The molecule has 1 aromatic heterocycles. The molecule has 3 aromatic rings. The fourth-order valence-corrected chi connectivity index (χ4v) is 3.24. The largest absolute Gasteiger partial charge is 0.462 e. The first-order chi connectivity index (χ1) is 12.6. The summed E-state index contributed by atoms with van der Waals surface area (Å²) in [6.45, 7) is 3.78. The van der Waals surface area contributed by atoms with Crippen LogP contribution in [0.15, 0.2) is 54.0 Å². The quantitative estimate of drug-likeness (QED) is 0.673. The van der Waals surface area contributed by atoms with Crippen molar-refractivity contribution in [1.82, 2.24) is 4.98 Å². The standard InChI is InChI=1S/C20H18N2O3S/c1-3-25-20(24)16-11-15(14-7-5-4-6-8-14)9-10-17(16)22-19(23)18-13(2)21-12-26-18/h4-12H,3H2,1-2H3,(H,22,23). The van der Waals surface area contributed by atoms with E-state index in [-0.39, 0.29) is 12.5 Å². The number of rotatable bonds is 5. The first kappa shape index (κ1) is 17.8. The molecule has 5 nitrogen and oxygen atoms in total. The number of ether oxygens (including phenoxy) is 1. The molecule has 132 valence electrons. The maximum atomic E-state index is 12.5. The molecule has 0 bridgehead atoms. The number of anilines is 1. The molecular weight excluding hydrogens is 348 g/mol. The Hall–Kier alpha value is -2.99. The van der Waals surface area contributed by atoms with Crippen LogP contribution in [-0.4, -0.2) is 23.5 Å². The third-order valence-corrected chi connectivity index (χ3v) is 4.75. The van der Waals surface area contributed by atoms with Crippen LogP contribution in [0.4, 0.5) is 5.69 Å². The van der Waals surface area contributed by atoms with Gasteiger partial charge in [0, 0.05) is 0 Å². The molecule has 1 N–H and O–H groups in total. The Morgan fingerprint density at radius 2 is 1.88 bits per heavy atom. The lowest BCUT2D eigenvalue weighted by molar-refractivity contribution is 0.0527. The van der Waals surface area contributed by atoms with E-state index in [9.17, 15) is 9.59 Å². The van der Waals surface area contributed by atoms with Crippen molar-refractivity contribution in [3.05, 3.63) is 70.2 Å². The van der Waals surface area contributed by atoms with Gasteiger partial charge in [-0.2, -0.15) is 0 Å². The molecule has 0 atom stereocenters. The van der Waals surface area contributed by atoms with E-state index in [0.29, 0.717) is 21.8 Å². The van der Waals surface area contributed by atoms with Gasteiger partial charge < -0.3 is 10.1 Å². The molecule has 0 unspecified atom stereocenters. The molecule has 0 aliphatic heterocycles. The van der Waals surface area contributed by atoms with Gasteiger partial charge in [-0.05, 0) is 37.1 Å². The zero-order valence-corrected chi connectivity index (χ0v) is 15.3. The monoisotopic (exact) mass is 366 g/mol. The number of hydrogen-bond donors (Lipinski definition) is 1. The van der Waals surface area contributed by atoms with Gasteiger partial charge in [0.1, 0.15) is 4.88 Å². The van der Waals surface area contributed by atoms with Gasteiger partial charge in [-0.15, -0.1) is 11.3 Å². The zero-order chi connectivity index (χ0) is 18.5. The number of benzene rings is 2. The lowest BCUT2D eigenvalue weighted by Gasteiger charge is -2.12. The lowest BCUT2D eigenvalue weighted by Crippen LogP contribution is -2.16. The number of thiazole rings is 1. The van der Waals surface area contributed by atoms with Crippen molar-refractivity contribution in [3.8, 4) is 11.1 Å². The van der Waals surface area contributed by atoms with E-state index in [1.54, 1.807) is 31.5 Å². The normalized spacial score (nSPS) is 10.4. The van der Waals surface area contributed by atoms with Crippen LogP contribution in [0.1, 0.15) is 32.6 Å². The molecule has 0 aliphatic rings. The van der Waals surface area contributed by atoms with Gasteiger partial charge in [-0.3, -0.25) is 4.79 Å². The van der Waals surface area contributed by atoms with Crippen molar-refractivity contribution < 1.29 is 14.3 Å². The molecule has 2 aromatic carbocycles. The van der Waals surface area contributed by atoms with Crippen molar-refractivity contribution >= 4 is 28.9 Å². The second kappa shape index (κ2) is 7.93. The van der Waals surface area contributed by atoms with Gasteiger partial charge in [-0.25, -0.2) is 9.78 Å². The third-order valence-electron chi connectivity index (χ3n) is 3.82. The summed E-state index contributed by atoms with van der Waals surface area (Å²) in [5.74, 6) is -0.760. The molecule has 26 heavy (non-hydrogen) atoms. The molecule has 0 saturated heterocycles. The Morgan fingerprint density at radius 3 is 2.54 bits per heavy atom. The highest BCUT2D eigenvalue weighted by atomic mass is 32.1. The molecule has 0 fully saturated rings. The van der Waals surface area contributed by atoms with Crippen molar-refractivity contribution in [2.24, 2.45) is 0 Å². The van der Waals surface area contributed by atoms with Crippen LogP contribution in [0.2, 0.25) is 0 Å². The Labute approximate surface area is 155 Å². The van der Waals surface area contributed by atoms with Crippen LogP contribution in [0, 0.1) is 6.92 Å². The summed E-state index contributed by atoms with van der Waals surface area (Å²) in [5.41, 5.74) is 4.88. The minimum atomic E-state index is -0.471. The number of aromatic nitrogens is 1. The van der Waals surface area contributed by atoms with Crippen LogP contribution >= 0.6 is 11.3 Å². The minimum Gasteiger partial charge on any atom is -0.462 e. The van der Waals surface area contributed by atoms with E-state index in [4.69, 9.17) is 4.74 Å². The highest BCUT2D eigenvalue weighted by molar-refractivity contribution is 7.12. The Kier molecular flexibility index (Phi) is 5.43. The van der Waals surface area contributed by atoms with Crippen LogP contribution < -0.4 is 5.32 Å². The summed E-state index contributed by atoms with van der Waals surface area (Å²) >= 11 is 1.26. The first-order valence-electron chi connectivity index (χ1n) is 8.18. The SMILES string of the molecule is CCOC(=O)c1cc(-c2ccccc2)ccc1NC(=O)c1scnc1C. The summed E-state index contributed by atoms with van der Waals surface area (Å²) in [4.78, 5) is 29.5. The Balaban J connectivity index is 1.97. The van der Waals surface area contributed by atoms with Crippen LogP contribution in [0.3, 0.4) is 0 Å². The summed E-state index contributed by atoms with van der Waals surface area (Å²) in [5, 5.41) is 2.80. The minimum absolute atomic E-state index is 0.260. The fraction of sp³-hybridized carbons (Fsp3) is 0.150. The second-order valence-electron chi connectivity index (χ2n) is 5.57. The van der Waals surface area contributed by atoms with Crippen LogP contribution in [-0.2, 0) is 4.74 Å². The van der Waals surface area contributed by atoms with E-state index >= 15 is 0 Å². The average molecular weight is 366 g/mol. The third kappa shape index (κ3) is 3.81. The fourth-order valence-electron chi connectivity index (χ4n) is 2.54. The Morgan fingerprint density at radius 1 is 1.12 bits per heavy atom. The summed E-state index contributed by atoms with van der Waals surface area (Å²) in [6.07, 6.45) is 0. The number of esters is 1. The number of carbonyl (C=O) groups is 2. The van der Waals surface area contributed by atoms with Gasteiger partial charge in [0.25, 0.3) is 5.91 Å². The number of carbonyl (C=O) groups excluding carboxylic acids is 2. The number of aryl methyl sites for hydroxylation is 1. The molecule has 0 saturated carbocycles. The number of nitrogens with zero attached hydrogens (tertiary/aromatic N) is 1. The van der Waals surface area contributed by atoms with Crippen molar-refractivity contribution in [2.75, 3.05) is 11.9 Å². The molecular formula is C20H18N2O3S. The van der Waals surface area contributed by atoms with Crippen LogP contribution in [0.5, 0.6) is 0 Å². The van der Waals surface area contributed by atoms with Crippen molar-refractivity contribution in [1.29, 1.82) is 0 Å². The number of hydrogen-bond acceptors (Lipinski definition) is 5. The van der Waals surface area contributed by atoms with E-state index in [0.717, 1.165) is 11.1 Å². The molecule has 1 heterocycles. The summed E-state index contributed by atoms with van der Waals surface area (Å²) < 4.78 is 5.16. The first-order valence-corrected chi connectivity index (χ1v) is 9.06. The summed E-state index contributed by atoms with van der Waals surface area (Å²) in [6, 6.07) is 15.1. The van der Waals surface area contributed by atoms with E-state index in [1.165, 1.54) is 11.3 Å². The van der Waals surface area contributed by atoms with Crippen molar-refractivity contribution in [2.45, 2.75) is 13.8 Å². The molecule has 0 aliphatic carbocycles. The zero-order valence-electron chi connectivity index (χ0n) is 14.5. The van der Waals surface area contributed by atoms with E-state index in [1.807, 2.05) is 36.4 Å². The van der Waals surface area contributed by atoms with Gasteiger partial charge in [0.2, 0.25) is 0 Å². The van der Waals surface area contributed by atoms with E-state index < -0.39 is 5.97 Å². The molecule has 0 spiro atoms. The summed E-state index contributed by atoms with van der Waals surface area (Å²) in [7, 11) is 0. The molecule has 0 radical (unpaired) electrons. The Bertz CT molecular complexity index is 935. The predicted molar refractivity (Wildman–Crippen MR) is 103 cm³/mol. The van der Waals surface area contributed by atoms with Gasteiger partial charge in [0.15, 0.2) is 0 Å². The van der Waals surface area contributed by atoms with Gasteiger partial charge in [0.05, 0.1) is 29.1 Å².